The maximum atomic E-state index is 11.9. The van der Waals surface area contributed by atoms with Gasteiger partial charge in [-0.05, 0) is 6.92 Å². The highest BCUT2D eigenvalue weighted by Gasteiger charge is 2.30. The second-order valence-electron chi connectivity index (χ2n) is 3.18. The van der Waals surface area contributed by atoms with Crippen molar-refractivity contribution in [2.75, 3.05) is 0 Å². The normalized spacial score (nSPS) is 13.6. The van der Waals surface area contributed by atoms with Crippen molar-refractivity contribution in [3.63, 3.8) is 0 Å². The molecule has 2 N–H and O–H groups in total. The van der Waals surface area contributed by atoms with Crippen LogP contribution in [0.1, 0.15) is 23.7 Å². The van der Waals surface area contributed by atoms with Gasteiger partial charge in [0, 0.05) is 12.2 Å². The van der Waals surface area contributed by atoms with Crippen LogP contribution >= 0.6 is 0 Å². The number of halogens is 3. The number of rotatable bonds is 3. The lowest BCUT2D eigenvalue weighted by Crippen LogP contribution is -2.35. The Bertz CT molecular complexity index is 320. The Balaban J connectivity index is 2.45. The summed E-state index contributed by atoms with van der Waals surface area (Å²) < 4.78 is 35.8. The summed E-state index contributed by atoms with van der Waals surface area (Å²) in [5.74, 6) is -0.569. The van der Waals surface area contributed by atoms with Gasteiger partial charge in [-0.15, -0.1) is 0 Å². The molecule has 0 aromatic carbocycles. The molecule has 0 aliphatic rings. The van der Waals surface area contributed by atoms with E-state index in [1.807, 2.05) is 0 Å². The highest BCUT2D eigenvalue weighted by Crippen LogP contribution is 2.21. The molecule has 0 aliphatic carbocycles. The smallest absolute Gasteiger partial charge is 0.349 e. The third kappa shape index (κ3) is 4.01. The Morgan fingerprint density at radius 3 is 2.80 bits per heavy atom. The molecule has 1 rings (SSSR count). The number of hydrogen-bond donors (Lipinski definition) is 2. The molecule has 0 radical (unpaired) electrons. The van der Waals surface area contributed by atoms with E-state index in [-0.39, 0.29) is 5.56 Å². The Hall–Kier alpha value is -1.53. The molecule has 1 aromatic heterocycles. The summed E-state index contributed by atoms with van der Waals surface area (Å²) in [5.41, 5.74) is 0.212. The zero-order valence-electron chi connectivity index (χ0n) is 7.93. The van der Waals surface area contributed by atoms with Gasteiger partial charge in [-0.2, -0.15) is 18.3 Å². The number of carbonyl (C=O) groups is 1. The number of nitrogens with zero attached hydrogens (tertiary/aromatic N) is 1. The Kier molecular flexibility index (Phi) is 3.33. The van der Waals surface area contributed by atoms with Crippen molar-refractivity contribution < 1.29 is 18.0 Å². The van der Waals surface area contributed by atoms with E-state index >= 15 is 0 Å². The molecule has 84 valence electrons. The van der Waals surface area contributed by atoms with Gasteiger partial charge < -0.3 is 5.32 Å². The summed E-state index contributed by atoms with van der Waals surface area (Å²) in [4.78, 5) is 11.3. The second-order valence-corrected chi connectivity index (χ2v) is 3.18. The summed E-state index contributed by atoms with van der Waals surface area (Å²) in [6.45, 7) is 1.30. The molecule has 1 atom stereocenters. The summed E-state index contributed by atoms with van der Waals surface area (Å²) in [5, 5.41) is 8.14. The minimum atomic E-state index is -4.27. The Morgan fingerprint density at radius 2 is 2.33 bits per heavy atom. The van der Waals surface area contributed by atoms with Crippen LogP contribution in [0.15, 0.2) is 12.4 Å². The van der Waals surface area contributed by atoms with E-state index in [0.29, 0.717) is 0 Å². The summed E-state index contributed by atoms with van der Waals surface area (Å²) in [6.07, 6.45) is -2.76. The van der Waals surface area contributed by atoms with Crippen molar-refractivity contribution >= 4 is 5.91 Å². The van der Waals surface area contributed by atoms with Crippen LogP contribution in [-0.4, -0.2) is 28.3 Å². The van der Waals surface area contributed by atoms with Gasteiger partial charge in [0.1, 0.15) is 0 Å². The van der Waals surface area contributed by atoms with Crippen molar-refractivity contribution in [2.45, 2.75) is 25.6 Å². The lowest BCUT2D eigenvalue weighted by atomic mass is 10.2. The molecule has 1 aromatic rings. The fourth-order valence-corrected chi connectivity index (χ4v) is 1.08. The first kappa shape index (κ1) is 11.5. The van der Waals surface area contributed by atoms with E-state index in [1.165, 1.54) is 19.3 Å². The molecule has 0 saturated heterocycles. The van der Waals surface area contributed by atoms with Crippen molar-refractivity contribution in [3.8, 4) is 0 Å². The van der Waals surface area contributed by atoms with Crippen molar-refractivity contribution in [1.82, 2.24) is 15.5 Å². The molecule has 0 bridgehead atoms. The molecule has 0 spiro atoms. The second kappa shape index (κ2) is 4.33. The van der Waals surface area contributed by atoms with Crippen LogP contribution in [0.2, 0.25) is 0 Å². The van der Waals surface area contributed by atoms with Crippen LogP contribution in [0.5, 0.6) is 0 Å². The van der Waals surface area contributed by atoms with Gasteiger partial charge in [-0.3, -0.25) is 9.89 Å². The first-order valence-electron chi connectivity index (χ1n) is 4.25. The quantitative estimate of drug-likeness (QED) is 0.812. The van der Waals surface area contributed by atoms with E-state index in [9.17, 15) is 18.0 Å². The summed E-state index contributed by atoms with van der Waals surface area (Å²) >= 11 is 0. The number of hydrogen-bond acceptors (Lipinski definition) is 2. The van der Waals surface area contributed by atoms with Gasteiger partial charge in [0.2, 0.25) is 0 Å². The molecule has 15 heavy (non-hydrogen) atoms. The first-order valence-corrected chi connectivity index (χ1v) is 4.25. The maximum Gasteiger partial charge on any atom is 0.391 e. The van der Waals surface area contributed by atoms with E-state index in [4.69, 9.17) is 0 Å². The Morgan fingerprint density at radius 1 is 1.67 bits per heavy atom. The minimum Gasteiger partial charge on any atom is -0.349 e. The molecule has 0 aliphatic heterocycles. The zero-order valence-corrected chi connectivity index (χ0v) is 7.93. The largest absolute Gasteiger partial charge is 0.391 e. The molecule has 1 heterocycles. The Labute approximate surface area is 83.9 Å². The highest BCUT2D eigenvalue weighted by molar-refractivity contribution is 5.93. The van der Waals surface area contributed by atoms with Crippen LogP contribution in [0.3, 0.4) is 0 Å². The van der Waals surface area contributed by atoms with Crippen LogP contribution in [0, 0.1) is 0 Å². The number of aromatic nitrogens is 2. The van der Waals surface area contributed by atoms with Crippen LogP contribution in [-0.2, 0) is 0 Å². The standard InChI is InChI=1S/C8H10F3N3O/c1-5(2-8(9,10)11)14-7(15)6-3-12-13-4-6/h3-5H,2H2,1H3,(H,12,13)(H,14,15). The van der Waals surface area contributed by atoms with Gasteiger partial charge >= 0.3 is 6.18 Å². The third-order valence-electron chi connectivity index (χ3n) is 1.68. The maximum absolute atomic E-state index is 11.9. The number of H-pyrrole nitrogens is 1. The number of alkyl halides is 3. The average Bonchev–Trinajstić information content (AvgIpc) is 2.50. The highest BCUT2D eigenvalue weighted by atomic mass is 19.4. The topological polar surface area (TPSA) is 57.8 Å². The predicted octanol–water partition coefficient (Wildman–Crippen LogP) is 1.48. The number of nitrogens with one attached hydrogen (secondary N) is 2. The van der Waals surface area contributed by atoms with Gasteiger partial charge in [-0.1, -0.05) is 0 Å². The number of carbonyl (C=O) groups excluding carboxylic acids is 1. The molecular formula is C8H10F3N3O. The molecule has 1 amide bonds. The lowest BCUT2D eigenvalue weighted by molar-refractivity contribution is -0.138. The van der Waals surface area contributed by atoms with E-state index in [2.05, 4.69) is 15.5 Å². The average molecular weight is 221 g/mol. The molecule has 0 fully saturated rings. The fourth-order valence-electron chi connectivity index (χ4n) is 1.08. The van der Waals surface area contributed by atoms with Crippen LogP contribution in [0.25, 0.3) is 0 Å². The predicted molar refractivity (Wildman–Crippen MR) is 46.2 cm³/mol. The molecule has 7 heteroatoms. The SMILES string of the molecule is CC(CC(F)(F)F)NC(=O)c1cn[nH]c1. The van der Waals surface area contributed by atoms with Gasteiger partial charge in [0.15, 0.2) is 0 Å². The van der Waals surface area contributed by atoms with E-state index in [1.54, 1.807) is 0 Å². The van der Waals surface area contributed by atoms with Crippen molar-refractivity contribution in [3.05, 3.63) is 18.0 Å². The van der Waals surface area contributed by atoms with Gasteiger partial charge in [0.05, 0.1) is 18.2 Å². The van der Waals surface area contributed by atoms with Crippen molar-refractivity contribution in [2.24, 2.45) is 0 Å². The molecule has 1 unspecified atom stereocenters. The summed E-state index contributed by atoms with van der Waals surface area (Å²) in [6, 6.07) is -0.951. The lowest BCUT2D eigenvalue weighted by Gasteiger charge is -2.14. The van der Waals surface area contributed by atoms with Crippen molar-refractivity contribution in [1.29, 1.82) is 0 Å². The monoisotopic (exact) mass is 221 g/mol. The number of amides is 1. The molecule has 0 saturated carbocycles. The fraction of sp³-hybridized carbons (Fsp3) is 0.500. The molecular weight excluding hydrogens is 211 g/mol. The van der Waals surface area contributed by atoms with Gasteiger partial charge in [-0.25, -0.2) is 0 Å². The first-order chi connectivity index (χ1) is 6.88. The number of aromatic amines is 1. The van der Waals surface area contributed by atoms with Crippen LogP contribution in [0.4, 0.5) is 13.2 Å². The zero-order chi connectivity index (χ0) is 11.5. The van der Waals surface area contributed by atoms with E-state index < -0.39 is 24.5 Å². The third-order valence-corrected chi connectivity index (χ3v) is 1.68. The summed E-state index contributed by atoms with van der Waals surface area (Å²) in [7, 11) is 0. The minimum absolute atomic E-state index is 0.212. The van der Waals surface area contributed by atoms with E-state index in [0.717, 1.165) is 0 Å². The molecule has 4 nitrogen and oxygen atoms in total. The van der Waals surface area contributed by atoms with Crippen LogP contribution < -0.4 is 5.32 Å². The van der Waals surface area contributed by atoms with Gasteiger partial charge in [0.25, 0.3) is 5.91 Å².